The van der Waals surface area contributed by atoms with Crippen LogP contribution >= 0.6 is 11.3 Å². The molecule has 2 aromatic heterocycles. The number of pyridine rings is 1. The molecule has 6 nitrogen and oxygen atoms in total. The summed E-state index contributed by atoms with van der Waals surface area (Å²) < 4.78 is 6.05. The van der Waals surface area contributed by atoms with E-state index in [1.54, 1.807) is 17.5 Å². The summed E-state index contributed by atoms with van der Waals surface area (Å²) >= 11 is 1.68. The number of hydrogen-bond acceptors (Lipinski definition) is 6. The van der Waals surface area contributed by atoms with Crippen LogP contribution in [0.15, 0.2) is 54.0 Å². The molecule has 1 saturated heterocycles. The lowest BCUT2D eigenvalue weighted by Gasteiger charge is -2.24. The van der Waals surface area contributed by atoms with Gasteiger partial charge in [0.05, 0.1) is 23.9 Å². The van der Waals surface area contributed by atoms with Gasteiger partial charge < -0.3 is 15.0 Å². The van der Waals surface area contributed by atoms with E-state index in [0.717, 1.165) is 29.5 Å². The molecule has 0 radical (unpaired) electrons. The van der Waals surface area contributed by atoms with Crippen LogP contribution in [0.4, 0.5) is 5.69 Å². The first-order valence-electron chi connectivity index (χ1n) is 10.7. The fourth-order valence-electron chi connectivity index (χ4n) is 4.72. The summed E-state index contributed by atoms with van der Waals surface area (Å²) in [5.41, 5.74) is 4.44. The Balaban J connectivity index is 1.25. The van der Waals surface area contributed by atoms with Gasteiger partial charge in [-0.25, -0.2) is 4.98 Å². The number of fused-ring (bicyclic) bond motifs is 2. The highest BCUT2D eigenvalue weighted by molar-refractivity contribution is 7.09. The number of carbonyl (C=O) groups excluding carboxylic acids is 1. The van der Waals surface area contributed by atoms with Crippen LogP contribution < -0.4 is 10.2 Å². The molecule has 7 heteroatoms. The Labute approximate surface area is 186 Å². The number of ether oxygens (including phenoxy) is 1. The van der Waals surface area contributed by atoms with Gasteiger partial charge in [0.2, 0.25) is 5.91 Å². The first kappa shape index (κ1) is 20.2. The number of thiazole rings is 1. The van der Waals surface area contributed by atoms with Crippen molar-refractivity contribution in [1.82, 2.24) is 15.3 Å². The summed E-state index contributed by atoms with van der Waals surface area (Å²) in [5.74, 6) is -0.0288. The molecule has 2 aliphatic heterocycles. The summed E-state index contributed by atoms with van der Waals surface area (Å²) in [7, 11) is 0. The molecule has 1 aromatic carbocycles. The molecule has 4 heterocycles. The van der Waals surface area contributed by atoms with Crippen molar-refractivity contribution in [2.75, 3.05) is 24.6 Å². The van der Waals surface area contributed by atoms with Crippen molar-refractivity contribution in [2.45, 2.75) is 37.8 Å². The van der Waals surface area contributed by atoms with E-state index in [1.165, 1.54) is 11.3 Å². The van der Waals surface area contributed by atoms with Gasteiger partial charge in [0.15, 0.2) is 0 Å². The predicted molar refractivity (Wildman–Crippen MR) is 121 cm³/mol. The van der Waals surface area contributed by atoms with Crippen LogP contribution in [0, 0.1) is 6.92 Å². The maximum absolute atomic E-state index is 12.8. The van der Waals surface area contributed by atoms with Gasteiger partial charge in [0, 0.05) is 47.9 Å². The second-order valence-corrected chi connectivity index (χ2v) is 9.44. The molecule has 0 bridgehead atoms. The number of aromatic nitrogens is 2. The zero-order valence-corrected chi connectivity index (χ0v) is 18.4. The van der Waals surface area contributed by atoms with Crippen molar-refractivity contribution in [1.29, 1.82) is 0 Å². The highest BCUT2D eigenvalue weighted by Gasteiger charge is 2.50. The Kier molecular flexibility index (Phi) is 5.46. The molecular formula is C24H26N4O2S. The van der Waals surface area contributed by atoms with Crippen LogP contribution in [-0.4, -0.2) is 41.7 Å². The fourth-order valence-corrected chi connectivity index (χ4v) is 5.33. The van der Waals surface area contributed by atoms with Gasteiger partial charge in [-0.2, -0.15) is 0 Å². The average molecular weight is 435 g/mol. The minimum absolute atomic E-state index is 0.0288. The van der Waals surface area contributed by atoms with Gasteiger partial charge in [-0.15, -0.1) is 11.3 Å². The second kappa shape index (κ2) is 8.40. The summed E-state index contributed by atoms with van der Waals surface area (Å²) in [6, 6.07) is 14.3. The number of amides is 1. The number of nitrogens with one attached hydrogen (secondary N) is 1. The van der Waals surface area contributed by atoms with E-state index >= 15 is 0 Å². The zero-order valence-electron chi connectivity index (χ0n) is 17.6. The van der Waals surface area contributed by atoms with Gasteiger partial charge in [0.1, 0.15) is 6.10 Å². The molecule has 2 aliphatic rings. The summed E-state index contributed by atoms with van der Waals surface area (Å²) in [4.78, 5) is 24.1. The van der Waals surface area contributed by atoms with Gasteiger partial charge in [-0.3, -0.25) is 9.78 Å². The Morgan fingerprint density at radius 3 is 2.94 bits per heavy atom. The van der Waals surface area contributed by atoms with E-state index in [1.807, 2.05) is 25.1 Å². The number of nitrogens with zero attached hydrogens (tertiary/aromatic N) is 3. The van der Waals surface area contributed by atoms with Crippen molar-refractivity contribution in [3.63, 3.8) is 0 Å². The molecule has 5 rings (SSSR count). The first-order valence-corrected chi connectivity index (χ1v) is 11.6. The Bertz CT molecular complexity index is 1070. The Morgan fingerprint density at radius 1 is 1.26 bits per heavy atom. The number of rotatable bonds is 6. The van der Waals surface area contributed by atoms with Gasteiger partial charge in [0.25, 0.3) is 0 Å². The predicted octanol–water partition coefficient (Wildman–Crippen LogP) is 3.25. The number of benzene rings is 1. The summed E-state index contributed by atoms with van der Waals surface area (Å²) in [6.07, 6.45) is 2.77. The number of hydrogen-bond donors (Lipinski definition) is 1. The largest absolute Gasteiger partial charge is 0.367 e. The van der Waals surface area contributed by atoms with Crippen LogP contribution in [-0.2, 0) is 27.9 Å². The van der Waals surface area contributed by atoms with Gasteiger partial charge in [-0.05, 0) is 37.1 Å². The SMILES string of the molecule is Cc1nc(CN2C[C@]3(CO[C@H](C(=O)NCCc4ccccn4)C3)c3ccccc32)cs1. The topological polar surface area (TPSA) is 67.4 Å². The van der Waals surface area contributed by atoms with Crippen molar-refractivity contribution >= 4 is 22.9 Å². The molecule has 1 fully saturated rings. The van der Waals surface area contributed by atoms with Gasteiger partial charge >= 0.3 is 0 Å². The van der Waals surface area contributed by atoms with Gasteiger partial charge in [-0.1, -0.05) is 24.3 Å². The first-order chi connectivity index (χ1) is 15.1. The van der Waals surface area contributed by atoms with Crippen molar-refractivity contribution < 1.29 is 9.53 Å². The van der Waals surface area contributed by atoms with E-state index in [-0.39, 0.29) is 11.3 Å². The number of aryl methyl sites for hydroxylation is 1. The summed E-state index contributed by atoms with van der Waals surface area (Å²) in [6.45, 7) is 4.80. The third kappa shape index (κ3) is 4.07. The quantitative estimate of drug-likeness (QED) is 0.645. The molecule has 160 valence electrons. The van der Waals surface area contributed by atoms with Crippen LogP contribution in [0.5, 0.6) is 0 Å². The second-order valence-electron chi connectivity index (χ2n) is 8.38. The van der Waals surface area contributed by atoms with Crippen molar-refractivity contribution in [3.05, 3.63) is 76.0 Å². The minimum atomic E-state index is -0.418. The van der Waals surface area contributed by atoms with Crippen LogP contribution in [0.3, 0.4) is 0 Å². The van der Waals surface area contributed by atoms with Crippen molar-refractivity contribution in [3.8, 4) is 0 Å². The maximum Gasteiger partial charge on any atom is 0.249 e. The van der Waals surface area contributed by atoms with E-state index in [4.69, 9.17) is 4.74 Å². The molecule has 0 unspecified atom stereocenters. The molecule has 0 saturated carbocycles. The third-order valence-electron chi connectivity index (χ3n) is 6.16. The van der Waals surface area contributed by atoms with Crippen LogP contribution in [0.2, 0.25) is 0 Å². The molecular weight excluding hydrogens is 408 g/mol. The monoisotopic (exact) mass is 434 g/mol. The number of para-hydroxylation sites is 1. The standard InChI is InChI=1S/C24H26N4O2S/c1-17-27-19(14-31-17)13-28-15-24(20-7-2-3-8-21(20)28)12-22(30-16-24)23(29)26-11-9-18-6-4-5-10-25-18/h2-8,10,14,22H,9,11-13,15-16H2,1H3,(H,26,29)/t22-,24+/m0/s1. The Hall–Kier alpha value is -2.77. The lowest BCUT2D eigenvalue weighted by molar-refractivity contribution is -0.129. The van der Waals surface area contributed by atoms with E-state index < -0.39 is 6.10 Å². The number of carbonyl (C=O) groups is 1. The molecule has 3 aromatic rings. The highest BCUT2D eigenvalue weighted by Crippen LogP contribution is 2.47. The lowest BCUT2D eigenvalue weighted by atomic mass is 9.80. The molecule has 1 N–H and O–H groups in total. The average Bonchev–Trinajstić information content (AvgIpc) is 3.48. The zero-order chi connectivity index (χ0) is 21.3. The van der Waals surface area contributed by atoms with E-state index in [0.29, 0.717) is 26.0 Å². The van der Waals surface area contributed by atoms with Crippen molar-refractivity contribution in [2.24, 2.45) is 0 Å². The molecule has 1 spiro atoms. The Morgan fingerprint density at radius 2 is 2.13 bits per heavy atom. The van der Waals surface area contributed by atoms with Crippen LogP contribution in [0.1, 0.15) is 28.4 Å². The van der Waals surface area contributed by atoms with E-state index in [2.05, 4.69) is 49.8 Å². The molecule has 2 atom stereocenters. The molecule has 1 amide bonds. The maximum atomic E-state index is 12.8. The molecule has 0 aliphatic carbocycles. The van der Waals surface area contributed by atoms with Crippen LogP contribution in [0.25, 0.3) is 0 Å². The minimum Gasteiger partial charge on any atom is -0.367 e. The summed E-state index contributed by atoms with van der Waals surface area (Å²) in [5, 5.41) is 6.25. The highest BCUT2D eigenvalue weighted by atomic mass is 32.1. The smallest absolute Gasteiger partial charge is 0.249 e. The normalized spacial score (nSPS) is 22.1. The van der Waals surface area contributed by atoms with E-state index in [9.17, 15) is 4.79 Å². The lowest BCUT2D eigenvalue weighted by Crippen LogP contribution is -2.38. The number of anilines is 1. The third-order valence-corrected chi connectivity index (χ3v) is 6.99. The fraction of sp³-hybridized carbons (Fsp3) is 0.375. The molecule has 31 heavy (non-hydrogen) atoms.